The number of rotatable bonds is 6. The summed E-state index contributed by atoms with van der Waals surface area (Å²) < 4.78 is 5.25. The molecule has 0 saturated heterocycles. The maximum absolute atomic E-state index is 12.6. The average Bonchev–Trinajstić information content (AvgIpc) is 2.68. The zero-order valence-corrected chi connectivity index (χ0v) is 15.5. The highest BCUT2D eigenvalue weighted by Gasteiger charge is 2.11. The van der Waals surface area contributed by atoms with Crippen LogP contribution in [0, 0.1) is 0 Å². The molecule has 3 N–H and O–H groups in total. The van der Waals surface area contributed by atoms with E-state index in [1.807, 2.05) is 24.3 Å². The number of carbonyl (C=O) groups is 2. The molecule has 28 heavy (non-hydrogen) atoms. The molecule has 1 aromatic heterocycles. The summed E-state index contributed by atoms with van der Waals surface area (Å²) in [5.74, 6) is 0.0800. The summed E-state index contributed by atoms with van der Waals surface area (Å²) >= 11 is 0. The van der Waals surface area contributed by atoms with Crippen molar-refractivity contribution in [2.45, 2.75) is 6.92 Å². The Hall–Kier alpha value is -3.87. The highest BCUT2D eigenvalue weighted by Crippen LogP contribution is 2.24. The van der Waals surface area contributed by atoms with E-state index >= 15 is 0 Å². The fourth-order valence-electron chi connectivity index (χ4n) is 2.61. The van der Waals surface area contributed by atoms with E-state index in [9.17, 15) is 9.59 Å². The number of aromatic nitrogens is 1. The minimum atomic E-state index is -0.347. The maximum Gasteiger partial charge on any atom is 0.274 e. The highest BCUT2D eigenvalue weighted by atomic mass is 16.5. The normalized spacial score (nSPS) is 10.1. The number of para-hydroxylation sites is 2. The van der Waals surface area contributed by atoms with Crippen molar-refractivity contribution in [1.82, 2.24) is 4.98 Å². The van der Waals surface area contributed by atoms with Crippen molar-refractivity contribution in [2.75, 3.05) is 23.1 Å². The van der Waals surface area contributed by atoms with E-state index in [1.165, 1.54) is 6.92 Å². The van der Waals surface area contributed by atoms with Crippen LogP contribution in [0.4, 0.5) is 22.7 Å². The summed E-state index contributed by atoms with van der Waals surface area (Å²) in [6.45, 7) is 1.45. The Kier molecular flexibility index (Phi) is 5.86. The van der Waals surface area contributed by atoms with Crippen LogP contribution in [-0.2, 0) is 4.79 Å². The number of methoxy groups -OCH3 is 1. The van der Waals surface area contributed by atoms with Crippen molar-refractivity contribution < 1.29 is 14.3 Å². The molecular weight excluding hydrogens is 356 g/mol. The van der Waals surface area contributed by atoms with E-state index in [0.717, 1.165) is 5.69 Å². The van der Waals surface area contributed by atoms with E-state index in [-0.39, 0.29) is 17.5 Å². The molecule has 0 radical (unpaired) electrons. The molecule has 0 aliphatic heterocycles. The lowest BCUT2D eigenvalue weighted by molar-refractivity contribution is -0.114. The Morgan fingerprint density at radius 2 is 1.64 bits per heavy atom. The molecular formula is C21H20N4O3. The molecule has 0 bridgehead atoms. The van der Waals surface area contributed by atoms with E-state index in [0.29, 0.717) is 22.8 Å². The average molecular weight is 376 g/mol. The minimum absolute atomic E-state index is 0.142. The molecule has 3 rings (SSSR count). The molecule has 0 spiro atoms. The van der Waals surface area contributed by atoms with E-state index in [2.05, 4.69) is 20.9 Å². The third-order valence-electron chi connectivity index (χ3n) is 3.82. The second kappa shape index (κ2) is 8.68. The molecule has 0 aliphatic rings. The van der Waals surface area contributed by atoms with Crippen molar-refractivity contribution in [3.8, 4) is 5.75 Å². The number of nitrogens with zero attached hydrogens (tertiary/aromatic N) is 1. The molecule has 7 heteroatoms. The molecule has 0 aliphatic carbocycles. The van der Waals surface area contributed by atoms with Crippen LogP contribution in [0.25, 0.3) is 0 Å². The Morgan fingerprint density at radius 3 is 2.43 bits per heavy atom. The van der Waals surface area contributed by atoms with Crippen molar-refractivity contribution in [3.63, 3.8) is 0 Å². The van der Waals surface area contributed by atoms with Crippen molar-refractivity contribution in [2.24, 2.45) is 0 Å². The first-order valence-corrected chi connectivity index (χ1v) is 8.60. The minimum Gasteiger partial charge on any atom is -0.495 e. The monoisotopic (exact) mass is 376 g/mol. The number of amides is 2. The van der Waals surface area contributed by atoms with E-state index < -0.39 is 0 Å². The van der Waals surface area contributed by atoms with Gasteiger partial charge < -0.3 is 20.7 Å². The van der Waals surface area contributed by atoms with Gasteiger partial charge in [-0.15, -0.1) is 0 Å². The molecule has 7 nitrogen and oxygen atoms in total. The fraction of sp³-hybridized carbons (Fsp3) is 0.0952. The van der Waals surface area contributed by atoms with Gasteiger partial charge >= 0.3 is 0 Å². The first-order valence-electron chi connectivity index (χ1n) is 8.60. The molecule has 2 amide bonds. The van der Waals surface area contributed by atoms with Gasteiger partial charge in [0.15, 0.2) is 0 Å². The summed E-state index contributed by atoms with van der Waals surface area (Å²) in [6, 6.07) is 17.8. The second-order valence-electron chi connectivity index (χ2n) is 5.97. The van der Waals surface area contributed by atoms with E-state index in [4.69, 9.17) is 4.74 Å². The van der Waals surface area contributed by atoms with Gasteiger partial charge in [0.25, 0.3) is 5.91 Å². The molecule has 1 heterocycles. The van der Waals surface area contributed by atoms with Gasteiger partial charge in [0, 0.05) is 30.2 Å². The lowest BCUT2D eigenvalue weighted by atomic mass is 10.2. The number of carbonyl (C=O) groups excluding carboxylic acids is 2. The SMILES string of the molecule is COc1ccccc1NC(=O)c1cc(Nc2cccc(NC(C)=O)c2)ccn1. The zero-order valence-electron chi connectivity index (χ0n) is 15.5. The lowest BCUT2D eigenvalue weighted by Gasteiger charge is -2.11. The summed E-state index contributed by atoms with van der Waals surface area (Å²) in [5.41, 5.74) is 2.97. The van der Waals surface area contributed by atoms with Crippen LogP contribution in [0.1, 0.15) is 17.4 Å². The number of pyridine rings is 1. The third kappa shape index (κ3) is 4.85. The molecule has 142 valence electrons. The van der Waals surface area contributed by atoms with Crippen molar-refractivity contribution >= 4 is 34.6 Å². The number of hydrogen-bond donors (Lipinski definition) is 3. The number of hydrogen-bond acceptors (Lipinski definition) is 5. The first-order chi connectivity index (χ1) is 13.5. The van der Waals surface area contributed by atoms with Gasteiger partial charge in [-0.1, -0.05) is 18.2 Å². The van der Waals surface area contributed by atoms with Crippen LogP contribution >= 0.6 is 0 Å². The predicted molar refractivity (Wildman–Crippen MR) is 109 cm³/mol. The van der Waals surface area contributed by atoms with Gasteiger partial charge in [0.1, 0.15) is 11.4 Å². The van der Waals surface area contributed by atoms with Gasteiger partial charge in [0.05, 0.1) is 12.8 Å². The second-order valence-corrected chi connectivity index (χ2v) is 5.97. The molecule has 0 saturated carbocycles. The van der Waals surface area contributed by atoms with Crippen LogP contribution < -0.4 is 20.7 Å². The summed E-state index contributed by atoms with van der Waals surface area (Å²) in [7, 11) is 1.54. The maximum atomic E-state index is 12.6. The molecule has 3 aromatic rings. The summed E-state index contributed by atoms with van der Waals surface area (Å²) in [6.07, 6.45) is 1.55. The molecule has 0 atom stereocenters. The van der Waals surface area contributed by atoms with Crippen LogP contribution in [0.3, 0.4) is 0 Å². The quantitative estimate of drug-likeness (QED) is 0.604. The Morgan fingerprint density at radius 1 is 0.893 bits per heavy atom. The zero-order chi connectivity index (χ0) is 19.9. The van der Waals surface area contributed by atoms with Gasteiger partial charge in [-0.05, 0) is 42.5 Å². The van der Waals surface area contributed by atoms with Gasteiger partial charge in [-0.2, -0.15) is 0 Å². The van der Waals surface area contributed by atoms with Crippen LogP contribution in [0.15, 0.2) is 66.9 Å². The number of ether oxygens (including phenoxy) is 1. The van der Waals surface area contributed by atoms with Gasteiger partial charge in [-0.25, -0.2) is 0 Å². The topological polar surface area (TPSA) is 92.4 Å². The largest absolute Gasteiger partial charge is 0.495 e. The first kappa shape index (κ1) is 18.9. The number of benzene rings is 2. The Bertz CT molecular complexity index is 1000. The standard InChI is InChI=1S/C21H20N4O3/c1-14(26)23-15-6-5-7-16(12-15)24-17-10-11-22-19(13-17)21(27)25-18-8-3-4-9-20(18)28-2/h3-13H,1-2H3,(H,22,24)(H,23,26)(H,25,27). The number of anilines is 4. The molecule has 0 fully saturated rings. The van der Waals surface area contributed by atoms with Crippen LogP contribution in [-0.4, -0.2) is 23.9 Å². The van der Waals surface area contributed by atoms with Gasteiger partial charge in [0.2, 0.25) is 5.91 Å². The molecule has 0 unspecified atom stereocenters. The lowest BCUT2D eigenvalue weighted by Crippen LogP contribution is -2.14. The van der Waals surface area contributed by atoms with Crippen LogP contribution in [0.5, 0.6) is 5.75 Å². The number of nitrogens with one attached hydrogen (secondary N) is 3. The fourth-order valence-corrected chi connectivity index (χ4v) is 2.61. The highest BCUT2D eigenvalue weighted by molar-refractivity contribution is 6.04. The molecule has 2 aromatic carbocycles. The Labute approximate surface area is 162 Å². The summed E-state index contributed by atoms with van der Waals surface area (Å²) in [5, 5.41) is 8.73. The predicted octanol–water partition coefficient (Wildman–Crippen LogP) is 4.04. The third-order valence-corrected chi connectivity index (χ3v) is 3.82. The van der Waals surface area contributed by atoms with Crippen molar-refractivity contribution in [1.29, 1.82) is 0 Å². The Balaban J connectivity index is 1.75. The van der Waals surface area contributed by atoms with Crippen molar-refractivity contribution in [3.05, 3.63) is 72.6 Å². The smallest absolute Gasteiger partial charge is 0.274 e. The summed E-state index contributed by atoms with van der Waals surface area (Å²) in [4.78, 5) is 27.9. The van der Waals surface area contributed by atoms with Crippen LogP contribution in [0.2, 0.25) is 0 Å². The van der Waals surface area contributed by atoms with E-state index in [1.54, 1.807) is 49.7 Å². The van der Waals surface area contributed by atoms with Gasteiger partial charge in [-0.3, -0.25) is 14.6 Å².